The van der Waals surface area contributed by atoms with E-state index < -0.39 is 5.54 Å². The van der Waals surface area contributed by atoms with Crippen molar-refractivity contribution in [2.75, 3.05) is 11.1 Å². The molecule has 3 rings (SSSR count). The van der Waals surface area contributed by atoms with Gasteiger partial charge in [-0.1, -0.05) is 36.7 Å². The fraction of sp³-hybridized carbons (Fsp3) is 0.500. The highest BCUT2D eigenvalue weighted by molar-refractivity contribution is 8.14. The Labute approximate surface area is 163 Å². The third-order valence-electron chi connectivity index (χ3n) is 4.97. The number of amides is 3. The van der Waals surface area contributed by atoms with Crippen molar-refractivity contribution in [2.45, 2.75) is 44.7 Å². The lowest BCUT2D eigenvalue weighted by Gasteiger charge is -2.37. The van der Waals surface area contributed by atoms with E-state index in [0.717, 1.165) is 43.0 Å². The van der Waals surface area contributed by atoms with Crippen molar-refractivity contribution >= 4 is 46.9 Å². The van der Waals surface area contributed by atoms with Crippen molar-refractivity contribution < 1.29 is 14.4 Å². The monoisotopic (exact) mass is 397 g/mol. The molecule has 2 aliphatic rings. The molecule has 8 heteroatoms. The number of nitrogens with two attached hydrogens (primary N) is 1. The number of anilines is 1. The standard InChI is InChI=1S/C18H23N3O3S.ClH/c1-18(19)9-3-2-4-14(18)16(23)20-13-7-5-12(6-8-13)10-21-15(22)11-25-17(21)24;/h5-8,14H,2-4,9-11,19H2,1H3,(H,20,23);1H. The van der Waals surface area contributed by atoms with Crippen LogP contribution in [0.15, 0.2) is 24.3 Å². The van der Waals surface area contributed by atoms with Gasteiger partial charge in [-0.05, 0) is 37.5 Å². The predicted molar refractivity (Wildman–Crippen MR) is 105 cm³/mol. The highest BCUT2D eigenvalue weighted by atomic mass is 35.5. The Kier molecular flexibility index (Phi) is 6.71. The van der Waals surface area contributed by atoms with Crippen molar-refractivity contribution in [3.8, 4) is 0 Å². The molecule has 1 aromatic carbocycles. The summed E-state index contributed by atoms with van der Waals surface area (Å²) in [5, 5.41) is 2.73. The summed E-state index contributed by atoms with van der Waals surface area (Å²) in [5.41, 5.74) is 7.37. The number of benzene rings is 1. The van der Waals surface area contributed by atoms with E-state index in [4.69, 9.17) is 5.73 Å². The minimum absolute atomic E-state index is 0. The Hall–Kier alpha value is -1.57. The Bertz CT molecular complexity index is 677. The van der Waals surface area contributed by atoms with Crippen LogP contribution in [0.25, 0.3) is 0 Å². The zero-order valence-electron chi connectivity index (χ0n) is 14.7. The summed E-state index contributed by atoms with van der Waals surface area (Å²) in [4.78, 5) is 37.1. The van der Waals surface area contributed by atoms with Crippen LogP contribution >= 0.6 is 24.2 Å². The molecule has 1 saturated heterocycles. The zero-order valence-corrected chi connectivity index (χ0v) is 16.3. The molecule has 3 amide bonds. The molecule has 1 saturated carbocycles. The van der Waals surface area contributed by atoms with Crippen LogP contribution in [0.4, 0.5) is 10.5 Å². The largest absolute Gasteiger partial charge is 0.326 e. The number of hydrogen-bond acceptors (Lipinski definition) is 5. The van der Waals surface area contributed by atoms with Gasteiger partial charge in [0.2, 0.25) is 11.8 Å². The fourth-order valence-electron chi connectivity index (χ4n) is 3.43. The van der Waals surface area contributed by atoms with Crippen molar-refractivity contribution in [1.29, 1.82) is 0 Å². The summed E-state index contributed by atoms with van der Waals surface area (Å²) in [7, 11) is 0. The summed E-state index contributed by atoms with van der Waals surface area (Å²) in [5.74, 6) is -0.171. The van der Waals surface area contributed by atoms with Gasteiger partial charge in [0.25, 0.3) is 5.24 Å². The Balaban J connectivity index is 0.00000243. The summed E-state index contributed by atoms with van der Waals surface area (Å²) in [6, 6.07) is 7.23. The normalized spacial score (nSPS) is 25.8. The van der Waals surface area contributed by atoms with E-state index in [1.807, 2.05) is 19.1 Å². The molecule has 0 aromatic heterocycles. The van der Waals surface area contributed by atoms with Crippen LogP contribution in [0.5, 0.6) is 0 Å². The molecule has 0 radical (unpaired) electrons. The third-order valence-corrected chi connectivity index (χ3v) is 5.83. The number of nitrogens with zero attached hydrogens (tertiary/aromatic N) is 1. The molecular formula is C18H24ClN3O3S. The molecule has 2 fully saturated rings. The molecule has 6 nitrogen and oxygen atoms in total. The lowest BCUT2D eigenvalue weighted by atomic mass is 9.74. The van der Waals surface area contributed by atoms with Gasteiger partial charge in [0, 0.05) is 11.2 Å². The Morgan fingerprint density at radius 3 is 2.58 bits per heavy atom. The first-order valence-corrected chi connectivity index (χ1v) is 9.51. The van der Waals surface area contributed by atoms with E-state index in [1.165, 1.54) is 4.90 Å². The molecule has 2 atom stereocenters. The van der Waals surface area contributed by atoms with E-state index in [0.29, 0.717) is 5.69 Å². The number of thioether (sulfide) groups is 1. The summed E-state index contributed by atoms with van der Waals surface area (Å²) in [6.45, 7) is 2.21. The summed E-state index contributed by atoms with van der Waals surface area (Å²) >= 11 is 1.03. The summed E-state index contributed by atoms with van der Waals surface area (Å²) in [6.07, 6.45) is 3.77. The first-order valence-electron chi connectivity index (χ1n) is 8.52. The van der Waals surface area contributed by atoms with E-state index in [1.54, 1.807) is 12.1 Å². The Morgan fingerprint density at radius 2 is 2.00 bits per heavy atom. The van der Waals surface area contributed by atoms with Gasteiger partial charge in [0.1, 0.15) is 0 Å². The van der Waals surface area contributed by atoms with Gasteiger partial charge >= 0.3 is 0 Å². The highest BCUT2D eigenvalue weighted by Crippen LogP contribution is 2.32. The number of halogens is 1. The number of hydrogen-bond donors (Lipinski definition) is 2. The van der Waals surface area contributed by atoms with Crippen LogP contribution in [0.2, 0.25) is 0 Å². The van der Waals surface area contributed by atoms with Crippen LogP contribution in [0.3, 0.4) is 0 Å². The maximum atomic E-state index is 12.5. The van der Waals surface area contributed by atoms with Crippen molar-refractivity contribution in [1.82, 2.24) is 4.90 Å². The van der Waals surface area contributed by atoms with Crippen LogP contribution in [0.1, 0.15) is 38.2 Å². The smallest absolute Gasteiger partial charge is 0.289 e. The van der Waals surface area contributed by atoms with Gasteiger partial charge in [0.05, 0.1) is 18.2 Å². The van der Waals surface area contributed by atoms with Crippen molar-refractivity contribution in [3.05, 3.63) is 29.8 Å². The number of carbonyl (C=O) groups is 3. The second kappa shape index (κ2) is 8.41. The molecule has 142 valence electrons. The lowest BCUT2D eigenvalue weighted by molar-refractivity contribution is -0.125. The van der Waals surface area contributed by atoms with Gasteiger partial charge < -0.3 is 11.1 Å². The molecule has 1 aromatic rings. The van der Waals surface area contributed by atoms with Crippen molar-refractivity contribution in [2.24, 2.45) is 11.7 Å². The van der Waals surface area contributed by atoms with Gasteiger partial charge in [-0.2, -0.15) is 0 Å². The second-order valence-electron chi connectivity index (χ2n) is 7.02. The van der Waals surface area contributed by atoms with Gasteiger partial charge in [-0.3, -0.25) is 19.3 Å². The third kappa shape index (κ3) is 4.58. The van der Waals surface area contributed by atoms with Crippen LogP contribution in [-0.2, 0) is 16.1 Å². The molecule has 3 N–H and O–H groups in total. The van der Waals surface area contributed by atoms with Gasteiger partial charge in [0.15, 0.2) is 0 Å². The second-order valence-corrected chi connectivity index (χ2v) is 7.95. The lowest BCUT2D eigenvalue weighted by Crippen LogP contribution is -2.51. The molecule has 26 heavy (non-hydrogen) atoms. The minimum atomic E-state index is -0.462. The van der Waals surface area contributed by atoms with Crippen LogP contribution in [-0.4, -0.2) is 33.2 Å². The first kappa shape index (κ1) is 20.7. The number of rotatable bonds is 4. The zero-order chi connectivity index (χ0) is 18.0. The van der Waals surface area contributed by atoms with Crippen LogP contribution < -0.4 is 11.1 Å². The molecular weight excluding hydrogens is 374 g/mol. The van der Waals surface area contributed by atoms with E-state index in [9.17, 15) is 14.4 Å². The first-order chi connectivity index (χ1) is 11.9. The van der Waals surface area contributed by atoms with Gasteiger partial charge in [-0.25, -0.2) is 0 Å². The Morgan fingerprint density at radius 1 is 1.31 bits per heavy atom. The molecule has 1 aliphatic carbocycles. The van der Waals surface area contributed by atoms with E-state index >= 15 is 0 Å². The number of carbonyl (C=O) groups excluding carboxylic acids is 3. The topological polar surface area (TPSA) is 92.5 Å². The molecule has 0 spiro atoms. The fourth-order valence-corrected chi connectivity index (χ4v) is 4.15. The van der Waals surface area contributed by atoms with E-state index in [2.05, 4.69) is 5.32 Å². The molecule has 1 heterocycles. The average molecular weight is 398 g/mol. The molecule has 2 unspecified atom stereocenters. The average Bonchev–Trinajstić information content (AvgIpc) is 2.88. The maximum absolute atomic E-state index is 12.5. The van der Waals surface area contributed by atoms with Crippen molar-refractivity contribution in [3.63, 3.8) is 0 Å². The van der Waals surface area contributed by atoms with E-state index in [-0.39, 0.29) is 47.7 Å². The molecule has 1 aliphatic heterocycles. The quantitative estimate of drug-likeness (QED) is 0.814. The SMILES string of the molecule is CC1(N)CCCCC1C(=O)Nc1ccc(CN2C(=O)CSC2=O)cc1.Cl. The highest BCUT2D eigenvalue weighted by Gasteiger charge is 2.37. The number of nitrogens with one attached hydrogen (secondary N) is 1. The number of imide groups is 1. The van der Waals surface area contributed by atoms with Gasteiger partial charge in [-0.15, -0.1) is 12.4 Å². The minimum Gasteiger partial charge on any atom is -0.326 e. The molecule has 0 bridgehead atoms. The maximum Gasteiger partial charge on any atom is 0.289 e. The summed E-state index contributed by atoms with van der Waals surface area (Å²) < 4.78 is 0. The van der Waals surface area contributed by atoms with Crippen LogP contribution in [0, 0.1) is 5.92 Å². The predicted octanol–water partition coefficient (Wildman–Crippen LogP) is 3.15.